The first kappa shape index (κ1) is 12.4. The maximum atomic E-state index is 10.4. The molecule has 94 valence electrons. The van der Waals surface area contributed by atoms with E-state index in [1.165, 1.54) is 0 Å². The molecule has 0 amide bonds. The quantitative estimate of drug-likeness (QED) is 0.897. The molecule has 0 fully saturated rings. The predicted octanol–water partition coefficient (Wildman–Crippen LogP) is 2.18. The van der Waals surface area contributed by atoms with Crippen molar-refractivity contribution in [1.82, 2.24) is 4.98 Å². The molecule has 1 unspecified atom stereocenters. The predicted molar refractivity (Wildman–Crippen MR) is 67.8 cm³/mol. The summed E-state index contributed by atoms with van der Waals surface area (Å²) in [5, 5.41) is 10.4. The van der Waals surface area contributed by atoms with Crippen molar-refractivity contribution < 1.29 is 14.6 Å². The van der Waals surface area contributed by atoms with E-state index in [1.807, 2.05) is 24.3 Å². The van der Waals surface area contributed by atoms with E-state index < -0.39 is 6.10 Å². The number of benzene rings is 1. The summed E-state index contributed by atoms with van der Waals surface area (Å²) < 4.78 is 10.4. The number of nitrogens with zero attached hydrogens (tertiary/aromatic N) is 1. The number of aliphatic hydroxyl groups is 1. The number of ether oxygens (including phenoxy) is 2. The van der Waals surface area contributed by atoms with Crippen molar-refractivity contribution in [2.24, 2.45) is 0 Å². The van der Waals surface area contributed by atoms with Crippen LogP contribution in [0.1, 0.15) is 17.2 Å². The molecule has 0 radical (unpaired) electrons. The molecule has 1 aromatic heterocycles. The number of hydrogen-bond donors (Lipinski definition) is 1. The fourth-order valence-electron chi connectivity index (χ4n) is 1.85. The summed E-state index contributed by atoms with van der Waals surface area (Å²) in [6.45, 7) is 0. The third kappa shape index (κ3) is 2.28. The van der Waals surface area contributed by atoms with E-state index in [0.29, 0.717) is 22.6 Å². The summed E-state index contributed by atoms with van der Waals surface area (Å²) in [7, 11) is 3.13. The van der Waals surface area contributed by atoms with E-state index in [-0.39, 0.29) is 0 Å². The molecule has 4 heteroatoms. The van der Waals surface area contributed by atoms with Crippen LogP contribution in [0.4, 0.5) is 0 Å². The van der Waals surface area contributed by atoms with E-state index in [9.17, 15) is 5.11 Å². The lowest BCUT2D eigenvalue weighted by molar-refractivity contribution is 0.209. The lowest BCUT2D eigenvalue weighted by Crippen LogP contribution is -2.04. The van der Waals surface area contributed by atoms with Gasteiger partial charge in [-0.1, -0.05) is 18.2 Å². The maximum Gasteiger partial charge on any atom is 0.143 e. The number of hydrogen-bond acceptors (Lipinski definition) is 4. The second-order valence-corrected chi connectivity index (χ2v) is 3.76. The Bertz CT molecular complexity index is 480. The second-order valence-electron chi connectivity index (χ2n) is 3.76. The highest BCUT2D eigenvalue weighted by Crippen LogP contribution is 2.33. The molecule has 0 saturated carbocycles. The molecule has 18 heavy (non-hydrogen) atoms. The zero-order valence-corrected chi connectivity index (χ0v) is 10.3. The molecule has 4 nitrogen and oxygen atoms in total. The first-order valence-corrected chi connectivity index (χ1v) is 5.56. The Labute approximate surface area is 106 Å². The molecule has 0 aliphatic heterocycles. The molecule has 2 rings (SSSR count). The maximum absolute atomic E-state index is 10.4. The number of pyridine rings is 1. The van der Waals surface area contributed by atoms with Crippen molar-refractivity contribution in [3.63, 3.8) is 0 Å². The molecular weight excluding hydrogens is 230 g/mol. The fourth-order valence-corrected chi connectivity index (χ4v) is 1.85. The van der Waals surface area contributed by atoms with Gasteiger partial charge in [0.25, 0.3) is 0 Å². The molecule has 1 atom stereocenters. The third-order valence-corrected chi connectivity index (χ3v) is 2.76. The molecule has 1 N–H and O–H groups in total. The molecule has 0 bridgehead atoms. The molecule has 0 spiro atoms. The summed E-state index contributed by atoms with van der Waals surface area (Å²) in [6.07, 6.45) is 2.39. The monoisotopic (exact) mass is 245 g/mol. The van der Waals surface area contributed by atoms with Gasteiger partial charge in [0, 0.05) is 17.3 Å². The zero-order valence-electron chi connectivity index (χ0n) is 10.3. The lowest BCUT2D eigenvalue weighted by Gasteiger charge is -2.17. The Morgan fingerprint density at radius 2 is 1.67 bits per heavy atom. The Kier molecular flexibility index (Phi) is 3.79. The minimum Gasteiger partial charge on any atom is -0.496 e. The average Bonchev–Trinajstić information content (AvgIpc) is 2.46. The zero-order chi connectivity index (χ0) is 13.0. The summed E-state index contributed by atoms with van der Waals surface area (Å²) in [4.78, 5) is 3.97. The van der Waals surface area contributed by atoms with Crippen molar-refractivity contribution >= 4 is 0 Å². The van der Waals surface area contributed by atoms with Crippen molar-refractivity contribution in [3.8, 4) is 11.5 Å². The largest absolute Gasteiger partial charge is 0.496 e. The summed E-state index contributed by atoms with van der Waals surface area (Å²) in [5.74, 6) is 1.19. The molecule has 2 aromatic rings. The van der Waals surface area contributed by atoms with Crippen LogP contribution in [0.25, 0.3) is 0 Å². The normalized spacial score (nSPS) is 11.9. The molecule has 1 heterocycles. The van der Waals surface area contributed by atoms with Crippen molar-refractivity contribution in [3.05, 3.63) is 53.9 Å². The van der Waals surface area contributed by atoms with E-state index >= 15 is 0 Å². The van der Waals surface area contributed by atoms with Crippen LogP contribution in [0.2, 0.25) is 0 Å². The van der Waals surface area contributed by atoms with Crippen LogP contribution in [0, 0.1) is 0 Å². The first-order valence-electron chi connectivity index (χ1n) is 5.56. The minimum atomic E-state index is -0.806. The lowest BCUT2D eigenvalue weighted by atomic mass is 10.0. The smallest absolute Gasteiger partial charge is 0.143 e. The first-order chi connectivity index (χ1) is 8.77. The number of methoxy groups -OCH3 is 2. The van der Waals surface area contributed by atoms with E-state index in [4.69, 9.17) is 9.47 Å². The van der Waals surface area contributed by atoms with Crippen molar-refractivity contribution in [1.29, 1.82) is 0 Å². The molecule has 0 aliphatic rings. The van der Waals surface area contributed by atoms with E-state index in [2.05, 4.69) is 4.98 Å². The van der Waals surface area contributed by atoms with Crippen molar-refractivity contribution in [2.45, 2.75) is 6.10 Å². The molecular formula is C14H15NO3. The fraction of sp³-hybridized carbons (Fsp3) is 0.214. The molecule has 0 saturated heterocycles. The summed E-state index contributed by atoms with van der Waals surface area (Å²) in [5.41, 5.74) is 1.36. The standard InChI is InChI=1S/C14H15NO3/c1-17-12-6-4-3-5-10(12)14(16)11-7-8-15-9-13(11)18-2/h3-9,14,16H,1-2H3. The number of rotatable bonds is 4. The van der Waals surface area contributed by atoms with Gasteiger partial charge < -0.3 is 14.6 Å². The van der Waals surface area contributed by atoms with E-state index in [0.717, 1.165) is 0 Å². The third-order valence-electron chi connectivity index (χ3n) is 2.76. The van der Waals surface area contributed by atoms with Gasteiger partial charge in [0.05, 0.1) is 20.4 Å². The van der Waals surface area contributed by atoms with Crippen LogP contribution < -0.4 is 9.47 Å². The van der Waals surface area contributed by atoms with Crippen LogP contribution in [-0.4, -0.2) is 24.3 Å². The van der Waals surface area contributed by atoms with E-state index in [1.54, 1.807) is 32.7 Å². The van der Waals surface area contributed by atoms with Gasteiger partial charge in [-0.2, -0.15) is 0 Å². The highest BCUT2D eigenvalue weighted by Gasteiger charge is 2.18. The number of aromatic nitrogens is 1. The van der Waals surface area contributed by atoms with Gasteiger partial charge in [-0.3, -0.25) is 4.98 Å². The van der Waals surface area contributed by atoms with Crippen LogP contribution in [-0.2, 0) is 0 Å². The minimum absolute atomic E-state index is 0.552. The average molecular weight is 245 g/mol. The topological polar surface area (TPSA) is 51.6 Å². The van der Waals surface area contributed by atoms with Gasteiger partial charge in [0.15, 0.2) is 0 Å². The Balaban J connectivity index is 2.44. The highest BCUT2D eigenvalue weighted by atomic mass is 16.5. The summed E-state index contributed by atoms with van der Waals surface area (Å²) >= 11 is 0. The number of para-hydroxylation sites is 1. The summed E-state index contributed by atoms with van der Waals surface area (Å²) in [6, 6.07) is 9.08. The van der Waals surface area contributed by atoms with Crippen LogP contribution in [0.3, 0.4) is 0 Å². The Morgan fingerprint density at radius 3 is 2.39 bits per heavy atom. The Morgan fingerprint density at radius 1 is 1.00 bits per heavy atom. The van der Waals surface area contributed by atoms with Crippen molar-refractivity contribution in [2.75, 3.05) is 14.2 Å². The van der Waals surface area contributed by atoms with Crippen LogP contribution in [0.15, 0.2) is 42.7 Å². The molecule has 0 aliphatic carbocycles. The number of aliphatic hydroxyl groups excluding tert-OH is 1. The van der Waals surface area contributed by atoms with Gasteiger partial charge in [0.2, 0.25) is 0 Å². The van der Waals surface area contributed by atoms with Crippen LogP contribution >= 0.6 is 0 Å². The van der Waals surface area contributed by atoms with Gasteiger partial charge in [0.1, 0.15) is 17.6 Å². The van der Waals surface area contributed by atoms with Gasteiger partial charge in [-0.15, -0.1) is 0 Å². The SMILES string of the molecule is COc1ccccc1C(O)c1ccncc1OC. The van der Waals surface area contributed by atoms with Gasteiger partial charge >= 0.3 is 0 Å². The molecule has 1 aromatic carbocycles. The Hall–Kier alpha value is -2.07. The van der Waals surface area contributed by atoms with Crippen LogP contribution in [0.5, 0.6) is 11.5 Å². The highest BCUT2D eigenvalue weighted by molar-refractivity contribution is 5.43. The van der Waals surface area contributed by atoms with Gasteiger partial charge in [-0.05, 0) is 12.1 Å². The van der Waals surface area contributed by atoms with Gasteiger partial charge in [-0.25, -0.2) is 0 Å². The second kappa shape index (κ2) is 5.51.